The lowest BCUT2D eigenvalue weighted by Gasteiger charge is -2.37. The van der Waals surface area contributed by atoms with Crippen LogP contribution in [0.1, 0.15) is 19.3 Å². The quantitative estimate of drug-likeness (QED) is 0.855. The molecule has 2 heterocycles. The lowest BCUT2D eigenvalue weighted by Crippen LogP contribution is -2.50. The molecule has 0 spiro atoms. The number of hydrogen-bond donors (Lipinski definition) is 0. The Morgan fingerprint density at radius 2 is 1.55 bits per heavy atom. The Morgan fingerprint density at radius 3 is 2.18 bits per heavy atom. The molecule has 4 nitrogen and oxygen atoms in total. The Bertz CT molecular complexity index is 491. The Hall–Kier alpha value is -1.26. The van der Waals surface area contributed by atoms with Crippen molar-refractivity contribution in [3.05, 3.63) is 29.3 Å². The van der Waals surface area contributed by atoms with Crippen LogP contribution < -0.4 is 4.90 Å². The summed E-state index contributed by atoms with van der Waals surface area (Å²) >= 11 is 5.94. The van der Waals surface area contributed by atoms with Gasteiger partial charge in [-0.3, -0.25) is 9.69 Å². The monoisotopic (exact) mass is 321 g/mol. The number of piperazine rings is 1. The Labute approximate surface area is 137 Å². The lowest BCUT2D eigenvalue weighted by molar-refractivity contribution is -0.133. The van der Waals surface area contributed by atoms with Gasteiger partial charge in [-0.05, 0) is 43.5 Å². The smallest absolute Gasteiger partial charge is 0.236 e. The summed E-state index contributed by atoms with van der Waals surface area (Å²) in [5.41, 5.74) is 1.21. The summed E-state index contributed by atoms with van der Waals surface area (Å²) < 4.78 is 0. The van der Waals surface area contributed by atoms with Gasteiger partial charge in [-0.1, -0.05) is 11.6 Å². The Balaban J connectivity index is 1.47. The summed E-state index contributed by atoms with van der Waals surface area (Å²) in [5, 5.41) is 0.773. The first kappa shape index (κ1) is 15.6. The van der Waals surface area contributed by atoms with Crippen molar-refractivity contribution >= 4 is 23.2 Å². The molecule has 0 bridgehead atoms. The summed E-state index contributed by atoms with van der Waals surface area (Å²) in [4.78, 5) is 19.0. The molecule has 0 unspecified atom stereocenters. The molecule has 0 radical (unpaired) electrons. The van der Waals surface area contributed by atoms with Crippen molar-refractivity contribution in [3.63, 3.8) is 0 Å². The second-order valence-electron chi connectivity index (χ2n) is 6.18. The molecule has 0 aromatic heterocycles. The van der Waals surface area contributed by atoms with Crippen molar-refractivity contribution in [2.75, 3.05) is 50.7 Å². The van der Waals surface area contributed by atoms with E-state index in [0.717, 1.165) is 57.1 Å². The van der Waals surface area contributed by atoms with Crippen LogP contribution in [0.15, 0.2) is 24.3 Å². The molecule has 0 saturated carbocycles. The largest absolute Gasteiger partial charge is 0.369 e. The first-order valence-electron chi connectivity index (χ1n) is 8.23. The maximum Gasteiger partial charge on any atom is 0.236 e. The Morgan fingerprint density at radius 1 is 0.909 bits per heavy atom. The molecule has 5 heteroatoms. The third kappa shape index (κ3) is 3.93. The normalized spacial score (nSPS) is 20.2. The molecule has 2 aliphatic heterocycles. The minimum atomic E-state index is 0.305. The van der Waals surface area contributed by atoms with Gasteiger partial charge in [0.05, 0.1) is 6.54 Å². The van der Waals surface area contributed by atoms with Crippen LogP contribution >= 0.6 is 11.6 Å². The van der Waals surface area contributed by atoms with Crippen LogP contribution in [0.2, 0.25) is 5.02 Å². The van der Waals surface area contributed by atoms with Gasteiger partial charge < -0.3 is 9.80 Å². The molecule has 2 aliphatic rings. The van der Waals surface area contributed by atoms with Crippen LogP contribution in [0.5, 0.6) is 0 Å². The number of carbonyl (C=O) groups excluding carboxylic acids is 1. The molecule has 0 atom stereocenters. The molecule has 1 amide bonds. The van der Waals surface area contributed by atoms with E-state index >= 15 is 0 Å². The van der Waals surface area contributed by atoms with E-state index in [4.69, 9.17) is 11.6 Å². The van der Waals surface area contributed by atoms with Crippen LogP contribution in [0.4, 0.5) is 5.69 Å². The third-order valence-corrected chi connectivity index (χ3v) is 4.88. The van der Waals surface area contributed by atoms with Gasteiger partial charge in [0.15, 0.2) is 0 Å². The lowest BCUT2D eigenvalue weighted by atomic mass is 10.1. The zero-order valence-corrected chi connectivity index (χ0v) is 13.8. The van der Waals surface area contributed by atoms with E-state index in [1.54, 1.807) is 0 Å². The van der Waals surface area contributed by atoms with Gasteiger partial charge in [-0.25, -0.2) is 0 Å². The van der Waals surface area contributed by atoms with E-state index in [2.05, 4.69) is 21.9 Å². The second-order valence-corrected chi connectivity index (χ2v) is 6.62. The number of carbonyl (C=O) groups is 1. The maximum absolute atomic E-state index is 12.3. The maximum atomic E-state index is 12.3. The molecule has 1 aromatic carbocycles. The fourth-order valence-electron chi connectivity index (χ4n) is 3.25. The number of nitrogens with zero attached hydrogens (tertiary/aromatic N) is 3. The number of amides is 1. The summed E-state index contributed by atoms with van der Waals surface area (Å²) in [6.07, 6.45) is 3.59. The minimum Gasteiger partial charge on any atom is -0.369 e. The molecule has 3 rings (SSSR count). The number of halogens is 1. The van der Waals surface area contributed by atoms with Gasteiger partial charge in [0.1, 0.15) is 0 Å². The van der Waals surface area contributed by atoms with E-state index in [9.17, 15) is 4.79 Å². The first-order chi connectivity index (χ1) is 10.7. The topological polar surface area (TPSA) is 26.8 Å². The summed E-state index contributed by atoms with van der Waals surface area (Å²) in [7, 11) is 0. The number of piperidine rings is 1. The number of hydrogen-bond acceptors (Lipinski definition) is 3. The standard InChI is InChI=1S/C17H24ClN3O/c18-15-4-6-16(7-5-15)20-12-10-19(11-13-20)14-17(22)21-8-2-1-3-9-21/h4-7H,1-3,8-14H2. The molecule has 1 aromatic rings. The summed E-state index contributed by atoms with van der Waals surface area (Å²) in [6, 6.07) is 8.00. The Kier molecular flexibility index (Phi) is 5.21. The van der Waals surface area contributed by atoms with Crippen molar-refractivity contribution in [2.24, 2.45) is 0 Å². The number of anilines is 1. The van der Waals surface area contributed by atoms with Gasteiger partial charge in [-0.15, -0.1) is 0 Å². The average molecular weight is 322 g/mol. The minimum absolute atomic E-state index is 0.305. The van der Waals surface area contributed by atoms with E-state index < -0.39 is 0 Å². The van der Waals surface area contributed by atoms with E-state index in [-0.39, 0.29) is 0 Å². The molecule has 0 N–H and O–H groups in total. The van der Waals surface area contributed by atoms with Crippen LogP contribution in [-0.2, 0) is 4.79 Å². The van der Waals surface area contributed by atoms with E-state index in [1.807, 2.05) is 17.0 Å². The van der Waals surface area contributed by atoms with Crippen LogP contribution in [0, 0.1) is 0 Å². The summed E-state index contributed by atoms with van der Waals surface area (Å²) in [6.45, 7) is 6.30. The SMILES string of the molecule is O=C(CN1CCN(c2ccc(Cl)cc2)CC1)N1CCCCC1. The first-order valence-corrected chi connectivity index (χ1v) is 8.61. The predicted octanol–water partition coefficient (Wildman–Crippen LogP) is 2.47. The average Bonchev–Trinajstić information content (AvgIpc) is 2.57. The molecule has 22 heavy (non-hydrogen) atoms. The molecule has 2 saturated heterocycles. The van der Waals surface area contributed by atoms with Gasteiger partial charge in [0.25, 0.3) is 0 Å². The molecular formula is C17H24ClN3O. The molecule has 120 valence electrons. The van der Waals surface area contributed by atoms with Crippen molar-refractivity contribution in [2.45, 2.75) is 19.3 Å². The van der Waals surface area contributed by atoms with Crippen LogP contribution in [-0.4, -0.2) is 61.5 Å². The predicted molar refractivity (Wildman–Crippen MR) is 90.5 cm³/mol. The fourth-order valence-corrected chi connectivity index (χ4v) is 3.38. The van der Waals surface area contributed by atoms with Gasteiger partial charge in [-0.2, -0.15) is 0 Å². The highest BCUT2D eigenvalue weighted by Gasteiger charge is 2.22. The zero-order valence-electron chi connectivity index (χ0n) is 13.0. The van der Waals surface area contributed by atoms with E-state index in [1.165, 1.54) is 12.1 Å². The molecule has 0 aliphatic carbocycles. The molecular weight excluding hydrogens is 298 g/mol. The van der Waals surface area contributed by atoms with Crippen molar-refractivity contribution in [1.82, 2.24) is 9.80 Å². The highest BCUT2D eigenvalue weighted by Crippen LogP contribution is 2.19. The van der Waals surface area contributed by atoms with Gasteiger partial charge in [0.2, 0.25) is 5.91 Å². The number of likely N-dealkylation sites (tertiary alicyclic amines) is 1. The zero-order chi connectivity index (χ0) is 15.4. The van der Waals surface area contributed by atoms with Gasteiger partial charge >= 0.3 is 0 Å². The second kappa shape index (κ2) is 7.34. The van der Waals surface area contributed by atoms with Crippen molar-refractivity contribution in [1.29, 1.82) is 0 Å². The highest BCUT2D eigenvalue weighted by molar-refractivity contribution is 6.30. The fraction of sp³-hybridized carbons (Fsp3) is 0.588. The number of benzene rings is 1. The van der Waals surface area contributed by atoms with Crippen LogP contribution in [0.25, 0.3) is 0 Å². The molecule has 2 fully saturated rings. The van der Waals surface area contributed by atoms with E-state index in [0.29, 0.717) is 12.5 Å². The highest BCUT2D eigenvalue weighted by atomic mass is 35.5. The van der Waals surface area contributed by atoms with Crippen molar-refractivity contribution < 1.29 is 4.79 Å². The van der Waals surface area contributed by atoms with Crippen LogP contribution in [0.3, 0.4) is 0 Å². The third-order valence-electron chi connectivity index (χ3n) is 4.63. The van der Waals surface area contributed by atoms with Gasteiger partial charge in [0, 0.05) is 50.0 Å². The number of rotatable bonds is 3. The summed E-state index contributed by atoms with van der Waals surface area (Å²) in [5.74, 6) is 0.305. The van der Waals surface area contributed by atoms with Crippen molar-refractivity contribution in [3.8, 4) is 0 Å².